The lowest BCUT2D eigenvalue weighted by Crippen LogP contribution is -2.54. The molecule has 8 N–H and O–H groups in total. The monoisotopic (exact) mass is 684 g/mol. The zero-order valence-corrected chi connectivity index (χ0v) is 28.0. The minimum Gasteiger partial charge on any atom is -0.453 e. The van der Waals surface area contributed by atoms with Gasteiger partial charge in [0.2, 0.25) is 17.7 Å². The Morgan fingerprint density at radius 2 is 1.35 bits per heavy atom. The molecular weight excluding hydrogens is 632 g/mol. The summed E-state index contributed by atoms with van der Waals surface area (Å²) in [5.74, 6) is -1.69. The number of hydrogen-bond donors (Lipinski definition) is 7. The third kappa shape index (κ3) is 20.3. The van der Waals surface area contributed by atoms with E-state index in [2.05, 4.69) is 31.3 Å². The molecule has 0 saturated carbocycles. The second kappa shape index (κ2) is 26.0. The number of rotatable bonds is 26. The molecule has 0 saturated heterocycles. The van der Waals surface area contributed by atoms with E-state index in [9.17, 15) is 29.1 Å². The van der Waals surface area contributed by atoms with Gasteiger partial charge >= 0.3 is 12.1 Å². The van der Waals surface area contributed by atoms with Crippen molar-refractivity contribution in [3.05, 3.63) is 29.8 Å². The van der Waals surface area contributed by atoms with Crippen molar-refractivity contribution in [2.24, 2.45) is 11.7 Å². The molecule has 0 unspecified atom stereocenters. The number of urea groups is 1. The van der Waals surface area contributed by atoms with Crippen LogP contribution in [-0.4, -0.2) is 120 Å². The van der Waals surface area contributed by atoms with Gasteiger partial charge in [-0.15, -0.1) is 0 Å². The van der Waals surface area contributed by atoms with Crippen LogP contribution in [0.3, 0.4) is 0 Å². The zero-order valence-electron chi connectivity index (χ0n) is 28.0. The second-order valence-corrected chi connectivity index (χ2v) is 10.7. The Morgan fingerprint density at radius 1 is 0.771 bits per heavy atom. The third-order valence-electron chi connectivity index (χ3n) is 6.56. The van der Waals surface area contributed by atoms with Crippen LogP contribution in [0.25, 0.3) is 0 Å². The molecule has 17 heteroatoms. The van der Waals surface area contributed by atoms with Crippen LogP contribution in [0, 0.1) is 5.92 Å². The molecular formula is C31H52N6O11. The minimum absolute atomic E-state index is 0.0152. The van der Waals surface area contributed by atoms with Gasteiger partial charge < -0.3 is 61.1 Å². The first-order valence-corrected chi connectivity index (χ1v) is 15.8. The smallest absolute Gasteiger partial charge is 0.406 e. The Balaban J connectivity index is 2.39. The molecule has 1 rings (SSSR count). The van der Waals surface area contributed by atoms with E-state index in [0.29, 0.717) is 63.9 Å². The number of nitrogens with one attached hydrogen (secondary N) is 5. The van der Waals surface area contributed by atoms with E-state index in [1.807, 2.05) is 0 Å². The van der Waals surface area contributed by atoms with Crippen molar-refractivity contribution in [1.82, 2.24) is 21.3 Å². The molecule has 0 aliphatic heterocycles. The lowest BCUT2D eigenvalue weighted by Gasteiger charge is -2.25. The molecule has 272 valence electrons. The van der Waals surface area contributed by atoms with Gasteiger partial charge in [0.25, 0.3) is 0 Å². The van der Waals surface area contributed by atoms with E-state index in [0.717, 1.165) is 0 Å². The van der Waals surface area contributed by atoms with Gasteiger partial charge in [0.05, 0.1) is 66.6 Å². The number of alkyl carbamates (subject to hydrolysis) is 1. The van der Waals surface area contributed by atoms with Crippen LogP contribution in [0.4, 0.5) is 15.3 Å². The van der Waals surface area contributed by atoms with Crippen molar-refractivity contribution < 1.29 is 52.8 Å². The van der Waals surface area contributed by atoms with Crippen molar-refractivity contribution in [1.29, 1.82) is 0 Å². The molecule has 0 radical (unpaired) electrons. The van der Waals surface area contributed by atoms with Gasteiger partial charge in [-0.1, -0.05) is 26.0 Å². The first-order valence-electron chi connectivity index (χ1n) is 15.8. The number of anilines is 1. The number of aliphatic hydroxyl groups is 1. The van der Waals surface area contributed by atoms with Crippen molar-refractivity contribution in [3.8, 4) is 0 Å². The SMILES string of the molecule is COC(=O)NCCOCCOCCOCCOCCC(=O)N[C@H](C(=O)N[C@@H](CCCNC(N)=O)C(=O)Nc1ccc(CO)cc1)C(C)C. The molecule has 0 aromatic heterocycles. The molecule has 17 nitrogen and oxygen atoms in total. The number of methoxy groups -OCH3 is 1. The standard InChI is InChI=1S/C31H52N6O11/c1-22(2)27(37-26(39)10-13-45-15-17-47-19-20-48-18-16-46-14-12-34-31(43)44-3)29(41)36-25(5-4-11-33-30(32)42)28(40)35-24-8-6-23(21-38)7-9-24/h6-9,22,25,27,38H,4-5,10-21H2,1-3H3,(H,34,43)(H,35,40)(H,36,41)(H,37,39)(H3,32,33,42)/t25-,27-/m0/s1. The molecule has 6 amide bonds. The number of ether oxygens (including phenoxy) is 5. The average molecular weight is 685 g/mol. The van der Waals surface area contributed by atoms with Crippen LogP contribution in [0.5, 0.6) is 0 Å². The maximum Gasteiger partial charge on any atom is 0.406 e. The number of benzene rings is 1. The zero-order chi connectivity index (χ0) is 35.6. The van der Waals surface area contributed by atoms with Crippen LogP contribution in [0.15, 0.2) is 24.3 Å². The summed E-state index contributed by atoms with van der Waals surface area (Å²) in [5.41, 5.74) is 6.26. The van der Waals surface area contributed by atoms with E-state index in [1.165, 1.54) is 7.11 Å². The van der Waals surface area contributed by atoms with Crippen molar-refractivity contribution in [3.63, 3.8) is 0 Å². The topological polar surface area (TPSA) is 238 Å². The van der Waals surface area contributed by atoms with Crippen LogP contribution < -0.4 is 32.3 Å². The van der Waals surface area contributed by atoms with E-state index < -0.39 is 41.9 Å². The van der Waals surface area contributed by atoms with E-state index in [-0.39, 0.29) is 45.1 Å². The van der Waals surface area contributed by atoms with E-state index in [4.69, 9.17) is 24.7 Å². The van der Waals surface area contributed by atoms with Gasteiger partial charge in [-0.3, -0.25) is 14.4 Å². The van der Waals surface area contributed by atoms with Gasteiger partial charge in [-0.2, -0.15) is 0 Å². The molecule has 1 aromatic carbocycles. The molecule has 2 atom stereocenters. The summed E-state index contributed by atoms with van der Waals surface area (Å²) in [6, 6.07) is 4.01. The van der Waals surface area contributed by atoms with Crippen LogP contribution in [-0.2, 0) is 44.7 Å². The fourth-order valence-electron chi connectivity index (χ4n) is 3.98. The molecule has 0 bridgehead atoms. The van der Waals surface area contributed by atoms with Gasteiger partial charge in [0, 0.05) is 25.2 Å². The normalized spacial score (nSPS) is 12.1. The Labute approximate surface area is 281 Å². The molecule has 0 heterocycles. The molecule has 1 aromatic rings. The maximum absolute atomic E-state index is 13.2. The Hall–Kier alpha value is -4.03. The predicted molar refractivity (Wildman–Crippen MR) is 175 cm³/mol. The molecule has 0 spiro atoms. The Kier molecular flexibility index (Phi) is 22.7. The highest BCUT2D eigenvalue weighted by atomic mass is 16.6. The average Bonchev–Trinajstić information content (AvgIpc) is 3.06. The second-order valence-electron chi connectivity index (χ2n) is 10.7. The van der Waals surface area contributed by atoms with Gasteiger partial charge in [-0.25, -0.2) is 9.59 Å². The van der Waals surface area contributed by atoms with Gasteiger partial charge in [-0.05, 0) is 36.5 Å². The summed E-state index contributed by atoms with van der Waals surface area (Å²) in [4.78, 5) is 60.9. The predicted octanol–water partition coefficient (Wildman–Crippen LogP) is 0.00400. The van der Waals surface area contributed by atoms with Gasteiger partial charge in [0.1, 0.15) is 12.1 Å². The summed E-state index contributed by atoms with van der Waals surface area (Å²) >= 11 is 0. The Bertz CT molecular complexity index is 1090. The summed E-state index contributed by atoms with van der Waals surface area (Å²) < 4.78 is 26.0. The number of amides is 6. The van der Waals surface area contributed by atoms with Crippen LogP contribution in [0.2, 0.25) is 0 Å². The summed E-state index contributed by atoms with van der Waals surface area (Å²) in [5, 5.41) is 22.4. The first-order chi connectivity index (χ1) is 23.1. The van der Waals surface area contributed by atoms with Crippen LogP contribution in [0.1, 0.15) is 38.7 Å². The Morgan fingerprint density at radius 3 is 1.90 bits per heavy atom. The van der Waals surface area contributed by atoms with E-state index >= 15 is 0 Å². The number of carbonyl (C=O) groups is 5. The number of primary amides is 1. The number of aliphatic hydroxyl groups excluding tert-OH is 1. The van der Waals surface area contributed by atoms with Crippen molar-refractivity contribution in [2.75, 3.05) is 78.4 Å². The van der Waals surface area contributed by atoms with E-state index in [1.54, 1.807) is 38.1 Å². The fraction of sp³-hybridized carbons (Fsp3) is 0.645. The molecule has 0 aliphatic carbocycles. The lowest BCUT2D eigenvalue weighted by molar-refractivity contribution is -0.132. The largest absolute Gasteiger partial charge is 0.453 e. The fourth-order valence-corrected chi connectivity index (χ4v) is 3.98. The summed E-state index contributed by atoms with van der Waals surface area (Å²) in [6.07, 6.45) is 0.0496. The number of nitrogens with two attached hydrogens (primary N) is 1. The van der Waals surface area contributed by atoms with Crippen LogP contribution >= 0.6 is 0 Å². The summed E-state index contributed by atoms with van der Waals surface area (Å²) in [7, 11) is 1.29. The van der Waals surface area contributed by atoms with Crippen molar-refractivity contribution >= 4 is 35.5 Å². The molecule has 0 fully saturated rings. The highest BCUT2D eigenvalue weighted by Gasteiger charge is 2.28. The van der Waals surface area contributed by atoms with Crippen molar-refractivity contribution in [2.45, 2.75) is 51.8 Å². The third-order valence-corrected chi connectivity index (χ3v) is 6.56. The highest BCUT2D eigenvalue weighted by molar-refractivity contribution is 5.98. The number of hydrogen-bond acceptors (Lipinski definition) is 11. The maximum atomic E-state index is 13.2. The lowest BCUT2D eigenvalue weighted by atomic mass is 10.0. The summed E-state index contributed by atoms with van der Waals surface area (Å²) in [6.45, 7) is 6.47. The highest BCUT2D eigenvalue weighted by Crippen LogP contribution is 2.12. The van der Waals surface area contributed by atoms with Gasteiger partial charge in [0.15, 0.2) is 0 Å². The molecule has 0 aliphatic rings. The first kappa shape index (κ1) is 42.0. The quantitative estimate of drug-likeness (QED) is 0.0642. The number of carbonyl (C=O) groups excluding carboxylic acids is 5. The molecule has 48 heavy (non-hydrogen) atoms. The minimum atomic E-state index is -0.966.